The van der Waals surface area contributed by atoms with Crippen molar-refractivity contribution in [2.45, 2.75) is 20.0 Å². The Morgan fingerprint density at radius 3 is 2.43 bits per heavy atom. The first-order valence-corrected chi connectivity index (χ1v) is 10.1. The monoisotopic (exact) mass is 437 g/mol. The first kappa shape index (κ1) is 21.6. The van der Waals surface area contributed by atoms with Gasteiger partial charge in [0.05, 0.1) is 23.6 Å². The summed E-state index contributed by atoms with van der Waals surface area (Å²) in [7, 11) is -3.55. The van der Waals surface area contributed by atoms with Crippen molar-refractivity contribution in [1.29, 1.82) is 0 Å². The molecule has 0 bridgehead atoms. The first-order valence-electron chi connectivity index (χ1n) is 7.42. The molecule has 152 valence electrons. The van der Waals surface area contributed by atoms with Gasteiger partial charge in [0, 0.05) is 12.5 Å². The molecule has 0 spiro atoms. The summed E-state index contributed by atoms with van der Waals surface area (Å²) in [6.07, 6.45) is -2.61. The van der Waals surface area contributed by atoms with E-state index in [9.17, 15) is 31.2 Å². The normalized spacial score (nSPS) is 11.8. The van der Waals surface area contributed by atoms with Gasteiger partial charge in [0.1, 0.15) is 10.8 Å². The lowest BCUT2D eigenvalue weighted by Crippen LogP contribution is -2.18. The number of thiazole rings is 1. The van der Waals surface area contributed by atoms with E-state index >= 15 is 0 Å². The molecule has 2 N–H and O–H groups in total. The summed E-state index contributed by atoms with van der Waals surface area (Å²) in [6.45, 7) is 2.07. The summed E-state index contributed by atoms with van der Waals surface area (Å²) >= 11 is 0.793. The van der Waals surface area contributed by atoms with E-state index in [0.29, 0.717) is 6.07 Å². The molecule has 0 saturated heterocycles. The SMILES string of the molecule is CC(=O)Oc1c(C(=O)Nc2ncc(NS(C)(=O)=O)s2)ccc(C(F)(F)F)c1C. The highest BCUT2D eigenvalue weighted by molar-refractivity contribution is 7.92. The number of carbonyl (C=O) groups excluding carboxylic acids is 2. The molecule has 0 aliphatic rings. The third-order valence-electron chi connectivity index (χ3n) is 3.21. The third kappa shape index (κ3) is 5.42. The van der Waals surface area contributed by atoms with Gasteiger partial charge in [-0.05, 0) is 19.1 Å². The molecule has 1 amide bonds. The smallest absolute Gasteiger partial charge is 0.416 e. The predicted molar refractivity (Wildman–Crippen MR) is 96.0 cm³/mol. The lowest BCUT2D eigenvalue weighted by Gasteiger charge is -2.16. The Morgan fingerprint density at radius 2 is 1.89 bits per heavy atom. The van der Waals surface area contributed by atoms with Crippen LogP contribution in [0.25, 0.3) is 0 Å². The van der Waals surface area contributed by atoms with Crippen molar-refractivity contribution in [1.82, 2.24) is 4.98 Å². The molecule has 0 unspecified atom stereocenters. The van der Waals surface area contributed by atoms with E-state index in [1.165, 1.54) is 0 Å². The number of sulfonamides is 1. The van der Waals surface area contributed by atoms with Crippen molar-refractivity contribution in [3.05, 3.63) is 35.0 Å². The molecule has 1 aromatic heterocycles. The zero-order chi connectivity index (χ0) is 21.3. The van der Waals surface area contributed by atoms with Crippen molar-refractivity contribution in [2.75, 3.05) is 16.3 Å². The number of carbonyl (C=O) groups is 2. The minimum Gasteiger partial charge on any atom is -0.426 e. The van der Waals surface area contributed by atoms with E-state index in [1.54, 1.807) is 0 Å². The van der Waals surface area contributed by atoms with Gasteiger partial charge >= 0.3 is 12.1 Å². The standard InChI is InChI=1S/C15H14F3N3O5S2/c1-7-10(15(16,17)18)5-4-9(12(7)26-8(2)22)13(23)20-14-19-6-11(27-14)21-28(3,24)25/h4-6,21H,1-3H3,(H,19,20,23). The van der Waals surface area contributed by atoms with Crippen LogP contribution in [0.2, 0.25) is 0 Å². The zero-order valence-electron chi connectivity index (χ0n) is 14.7. The molecule has 13 heteroatoms. The number of halogens is 3. The summed E-state index contributed by atoms with van der Waals surface area (Å²) in [5.74, 6) is -2.30. The molecule has 0 atom stereocenters. The van der Waals surface area contributed by atoms with Crippen LogP contribution in [0.3, 0.4) is 0 Å². The topological polar surface area (TPSA) is 114 Å². The molecule has 0 fully saturated rings. The van der Waals surface area contributed by atoms with Crippen molar-refractivity contribution in [3.8, 4) is 5.75 Å². The second-order valence-electron chi connectivity index (χ2n) is 5.56. The second-order valence-corrected chi connectivity index (χ2v) is 8.34. The highest BCUT2D eigenvalue weighted by Gasteiger charge is 2.35. The summed E-state index contributed by atoms with van der Waals surface area (Å²) in [5, 5.41) is 2.44. The lowest BCUT2D eigenvalue weighted by atomic mass is 10.0. The average molecular weight is 437 g/mol. The van der Waals surface area contributed by atoms with E-state index in [0.717, 1.165) is 43.7 Å². The number of hydrogen-bond donors (Lipinski definition) is 2. The lowest BCUT2D eigenvalue weighted by molar-refractivity contribution is -0.139. The Bertz CT molecular complexity index is 1030. The van der Waals surface area contributed by atoms with Gasteiger partial charge in [-0.15, -0.1) is 0 Å². The maximum absolute atomic E-state index is 13.1. The van der Waals surface area contributed by atoms with Gasteiger partial charge < -0.3 is 4.74 Å². The Balaban J connectivity index is 2.37. The first-order chi connectivity index (χ1) is 12.8. The fourth-order valence-electron chi connectivity index (χ4n) is 2.18. The fraction of sp³-hybridized carbons (Fsp3) is 0.267. The largest absolute Gasteiger partial charge is 0.426 e. The Hall–Kier alpha value is -2.67. The molecule has 1 heterocycles. The van der Waals surface area contributed by atoms with Crippen molar-refractivity contribution >= 4 is 43.4 Å². The van der Waals surface area contributed by atoms with Crippen LogP contribution < -0.4 is 14.8 Å². The quantitative estimate of drug-likeness (QED) is 0.549. The minimum atomic E-state index is -4.70. The fourth-order valence-corrected chi connectivity index (χ4v) is 3.78. The average Bonchev–Trinajstić information content (AvgIpc) is 2.92. The number of anilines is 2. The second kappa shape index (κ2) is 7.75. The van der Waals surface area contributed by atoms with Crippen molar-refractivity contribution in [2.24, 2.45) is 0 Å². The van der Waals surface area contributed by atoms with E-state index in [1.807, 2.05) is 0 Å². The Kier molecular flexibility index (Phi) is 5.99. The summed E-state index contributed by atoms with van der Waals surface area (Å²) < 4.78 is 68.6. The van der Waals surface area contributed by atoms with Gasteiger partial charge in [-0.1, -0.05) is 11.3 Å². The number of benzene rings is 1. The maximum atomic E-state index is 13.1. The molecule has 28 heavy (non-hydrogen) atoms. The Labute approximate surface area is 161 Å². The molecule has 0 aliphatic heterocycles. The molecule has 0 aliphatic carbocycles. The molecule has 2 rings (SSSR count). The van der Waals surface area contributed by atoms with Gasteiger partial charge in [-0.25, -0.2) is 13.4 Å². The molecule has 1 aromatic carbocycles. The molecule has 8 nitrogen and oxygen atoms in total. The number of ether oxygens (including phenoxy) is 1. The molecular formula is C15H14F3N3O5S2. The van der Waals surface area contributed by atoms with Gasteiger partial charge in [-0.3, -0.25) is 19.6 Å². The van der Waals surface area contributed by atoms with E-state index in [4.69, 9.17) is 4.74 Å². The van der Waals surface area contributed by atoms with Crippen LogP contribution >= 0.6 is 11.3 Å². The van der Waals surface area contributed by atoms with Gasteiger partial charge in [0.25, 0.3) is 5.91 Å². The van der Waals surface area contributed by atoms with Crippen LogP contribution in [0, 0.1) is 6.92 Å². The number of amides is 1. The van der Waals surface area contributed by atoms with E-state index in [2.05, 4.69) is 15.0 Å². The number of esters is 1. The van der Waals surface area contributed by atoms with Gasteiger partial charge in [0.2, 0.25) is 10.0 Å². The predicted octanol–water partition coefficient (Wildman–Crippen LogP) is 3.02. The molecule has 2 aromatic rings. The van der Waals surface area contributed by atoms with Crippen LogP contribution in [0.1, 0.15) is 28.4 Å². The highest BCUT2D eigenvalue weighted by atomic mass is 32.2. The third-order valence-corrected chi connectivity index (χ3v) is 4.76. The van der Waals surface area contributed by atoms with E-state index in [-0.39, 0.29) is 15.7 Å². The number of rotatable bonds is 5. The van der Waals surface area contributed by atoms with Crippen LogP contribution in [0.4, 0.5) is 23.3 Å². The van der Waals surface area contributed by atoms with Crippen LogP contribution in [-0.4, -0.2) is 31.5 Å². The summed E-state index contributed by atoms with van der Waals surface area (Å²) in [5.41, 5.74) is -1.78. The Morgan fingerprint density at radius 1 is 1.25 bits per heavy atom. The maximum Gasteiger partial charge on any atom is 0.416 e. The van der Waals surface area contributed by atoms with Crippen LogP contribution in [0.5, 0.6) is 5.75 Å². The zero-order valence-corrected chi connectivity index (χ0v) is 16.3. The van der Waals surface area contributed by atoms with Crippen molar-refractivity contribution < 1.29 is 35.9 Å². The van der Waals surface area contributed by atoms with Gasteiger partial charge in [-0.2, -0.15) is 13.2 Å². The van der Waals surface area contributed by atoms with Crippen LogP contribution in [0.15, 0.2) is 18.3 Å². The summed E-state index contributed by atoms with van der Waals surface area (Å²) in [6, 6.07) is 1.59. The number of aromatic nitrogens is 1. The van der Waals surface area contributed by atoms with Gasteiger partial charge in [0.15, 0.2) is 5.13 Å². The van der Waals surface area contributed by atoms with Crippen molar-refractivity contribution in [3.63, 3.8) is 0 Å². The number of hydrogen-bond acceptors (Lipinski definition) is 7. The number of alkyl halides is 3. The highest BCUT2D eigenvalue weighted by Crippen LogP contribution is 2.38. The minimum absolute atomic E-state index is 0.0116. The molecular weight excluding hydrogens is 423 g/mol. The number of nitrogens with one attached hydrogen (secondary N) is 2. The summed E-state index contributed by atoms with van der Waals surface area (Å²) in [4.78, 5) is 27.6. The molecule has 0 radical (unpaired) electrons. The van der Waals surface area contributed by atoms with Crippen LogP contribution in [-0.2, 0) is 21.0 Å². The number of nitrogens with zero attached hydrogens (tertiary/aromatic N) is 1. The molecule has 0 saturated carbocycles. The van der Waals surface area contributed by atoms with E-state index < -0.39 is 45.0 Å².